The first kappa shape index (κ1) is 20.0. The first-order valence-corrected chi connectivity index (χ1v) is 10.5. The highest BCUT2D eigenvalue weighted by Gasteiger charge is 2.17. The maximum absolute atomic E-state index is 12.0. The fraction of sp³-hybridized carbons (Fsp3) is 0.357. The maximum Gasteiger partial charge on any atom is 0.294 e. The Bertz CT molecular complexity index is 757. The third-order valence-electron chi connectivity index (χ3n) is 2.87. The molecule has 0 saturated heterocycles. The summed E-state index contributed by atoms with van der Waals surface area (Å²) in [5.41, 5.74) is -0.121. The Morgan fingerprint density at radius 1 is 1.36 bits per heavy atom. The van der Waals surface area contributed by atoms with Crippen LogP contribution in [0.5, 0.6) is 0 Å². The summed E-state index contributed by atoms with van der Waals surface area (Å²) in [4.78, 5) is 22.5. The van der Waals surface area contributed by atoms with E-state index in [0.29, 0.717) is 4.34 Å². The topological polar surface area (TPSA) is 98.0 Å². The number of benzene rings is 1. The number of nitrogens with zero attached hydrogens (tertiary/aromatic N) is 3. The Hall–Kier alpha value is -1.36. The average Bonchev–Trinajstić information content (AvgIpc) is 3.02. The molecule has 0 spiro atoms. The van der Waals surface area contributed by atoms with Gasteiger partial charge in [-0.25, -0.2) is 0 Å². The van der Waals surface area contributed by atoms with Gasteiger partial charge in [0, 0.05) is 16.8 Å². The fourth-order valence-electron chi connectivity index (χ4n) is 1.69. The zero-order chi connectivity index (χ0) is 18.2. The molecule has 0 radical (unpaired) electrons. The van der Waals surface area contributed by atoms with Gasteiger partial charge in [-0.3, -0.25) is 14.9 Å². The molecule has 0 bridgehead atoms. The molecule has 0 unspecified atom stereocenters. The highest BCUT2D eigenvalue weighted by atomic mass is 35.5. The van der Waals surface area contributed by atoms with E-state index in [1.807, 2.05) is 0 Å². The number of amides is 1. The van der Waals surface area contributed by atoms with Crippen molar-refractivity contribution in [1.29, 1.82) is 0 Å². The Labute approximate surface area is 162 Å². The molecule has 11 heteroatoms. The average molecular weight is 419 g/mol. The molecule has 134 valence electrons. The Kier molecular flexibility index (Phi) is 7.94. The first-order valence-electron chi connectivity index (χ1n) is 7.32. The van der Waals surface area contributed by atoms with Crippen molar-refractivity contribution in [3.63, 3.8) is 0 Å². The quantitative estimate of drug-likeness (QED) is 0.272. The summed E-state index contributed by atoms with van der Waals surface area (Å²) < 4.78 is 1.57. The number of thioether (sulfide) groups is 2. The van der Waals surface area contributed by atoms with Crippen LogP contribution in [0.1, 0.15) is 19.8 Å². The lowest BCUT2D eigenvalue weighted by atomic mass is 10.2. The van der Waals surface area contributed by atoms with Gasteiger partial charge in [0.1, 0.15) is 5.69 Å². The zero-order valence-electron chi connectivity index (χ0n) is 13.2. The number of carbonyl (C=O) groups excluding carboxylic acids is 1. The van der Waals surface area contributed by atoms with Gasteiger partial charge < -0.3 is 5.32 Å². The predicted molar refractivity (Wildman–Crippen MR) is 103 cm³/mol. The van der Waals surface area contributed by atoms with Crippen LogP contribution in [0.4, 0.5) is 11.4 Å². The Morgan fingerprint density at radius 2 is 2.08 bits per heavy atom. The van der Waals surface area contributed by atoms with Gasteiger partial charge in [-0.15, -0.1) is 10.2 Å². The van der Waals surface area contributed by atoms with Gasteiger partial charge in [-0.1, -0.05) is 59.8 Å². The molecule has 2 rings (SSSR count). The summed E-state index contributed by atoms with van der Waals surface area (Å²) in [5, 5.41) is 21.9. The lowest BCUT2D eigenvalue weighted by Gasteiger charge is -2.05. The molecule has 0 atom stereocenters. The molecule has 0 fully saturated rings. The molecule has 0 aliphatic carbocycles. The lowest BCUT2D eigenvalue weighted by molar-refractivity contribution is -0.383. The van der Waals surface area contributed by atoms with Crippen molar-refractivity contribution in [2.24, 2.45) is 0 Å². The van der Waals surface area contributed by atoms with Crippen LogP contribution in [0.2, 0.25) is 5.02 Å². The molecule has 7 nitrogen and oxygen atoms in total. The molecule has 0 aliphatic heterocycles. The number of rotatable bonds is 9. The fourth-order valence-corrected chi connectivity index (χ4v) is 4.83. The number of aromatic nitrogens is 2. The third kappa shape index (κ3) is 6.46. The largest absolute Gasteiger partial charge is 0.320 e. The van der Waals surface area contributed by atoms with Gasteiger partial charge in [-0.05, 0) is 18.6 Å². The molecular formula is C14H15ClN4O3S3. The standard InChI is InChI=1S/C14H15ClN4O3S3/c1-2-3-6-23-13-17-18-14(25-13)24-8-12(20)16-10-5-4-9(15)7-11(10)19(21)22/h4-5,7H,2-3,6,8H2,1H3,(H,16,20). The number of nitrogens with one attached hydrogen (secondary N) is 1. The van der Waals surface area contributed by atoms with Crippen molar-refractivity contribution in [2.45, 2.75) is 28.4 Å². The van der Waals surface area contributed by atoms with Gasteiger partial charge in [0.2, 0.25) is 5.91 Å². The minimum atomic E-state index is -0.584. The SMILES string of the molecule is CCCCSc1nnc(SCC(=O)Nc2ccc(Cl)cc2[N+](=O)[O-])s1. The normalized spacial score (nSPS) is 10.6. The van der Waals surface area contributed by atoms with Gasteiger partial charge in [0.05, 0.1) is 10.7 Å². The number of nitro benzene ring substituents is 1. The first-order chi connectivity index (χ1) is 12.0. The molecule has 25 heavy (non-hydrogen) atoms. The van der Waals surface area contributed by atoms with Crippen LogP contribution >= 0.6 is 46.5 Å². The van der Waals surface area contributed by atoms with Gasteiger partial charge in [0.25, 0.3) is 5.69 Å². The second-order valence-corrected chi connectivity index (χ2v) is 8.77. The van der Waals surface area contributed by atoms with Crippen LogP contribution in [-0.2, 0) is 4.79 Å². The Balaban J connectivity index is 1.88. The van der Waals surface area contributed by atoms with Gasteiger partial charge in [0.15, 0.2) is 8.68 Å². The number of carbonyl (C=O) groups is 1. The third-order valence-corrected chi connectivity index (χ3v) is 6.38. The van der Waals surface area contributed by atoms with E-state index in [9.17, 15) is 14.9 Å². The van der Waals surface area contributed by atoms with Crippen LogP contribution in [0.25, 0.3) is 0 Å². The van der Waals surface area contributed by atoms with Crippen molar-refractivity contribution in [3.8, 4) is 0 Å². The molecule has 1 amide bonds. The van der Waals surface area contributed by atoms with Crippen LogP contribution in [0, 0.1) is 10.1 Å². The number of hydrogen-bond donors (Lipinski definition) is 1. The van der Waals surface area contributed by atoms with Gasteiger partial charge >= 0.3 is 0 Å². The highest BCUT2D eigenvalue weighted by Crippen LogP contribution is 2.30. The van der Waals surface area contributed by atoms with Gasteiger partial charge in [-0.2, -0.15) is 0 Å². The zero-order valence-corrected chi connectivity index (χ0v) is 16.4. The molecule has 1 N–H and O–H groups in total. The number of halogens is 1. The molecular weight excluding hydrogens is 404 g/mol. The van der Waals surface area contributed by atoms with E-state index < -0.39 is 4.92 Å². The highest BCUT2D eigenvalue weighted by molar-refractivity contribution is 8.03. The van der Waals surface area contributed by atoms with Crippen LogP contribution < -0.4 is 5.32 Å². The van der Waals surface area contributed by atoms with E-state index in [1.54, 1.807) is 11.8 Å². The van der Waals surface area contributed by atoms with Crippen LogP contribution in [0.15, 0.2) is 26.9 Å². The summed E-state index contributed by atoms with van der Waals surface area (Å²) in [5.74, 6) is 0.732. The second kappa shape index (κ2) is 9.95. The molecule has 1 aromatic carbocycles. The van der Waals surface area contributed by atoms with E-state index in [0.717, 1.165) is 22.9 Å². The van der Waals surface area contributed by atoms with E-state index in [4.69, 9.17) is 11.6 Å². The minimum Gasteiger partial charge on any atom is -0.320 e. The number of unbranched alkanes of at least 4 members (excludes halogenated alkanes) is 1. The van der Waals surface area contributed by atoms with Crippen molar-refractivity contribution in [1.82, 2.24) is 10.2 Å². The predicted octanol–water partition coefficient (Wildman–Crippen LogP) is 4.72. The van der Waals surface area contributed by atoms with E-state index in [2.05, 4.69) is 22.4 Å². The smallest absolute Gasteiger partial charge is 0.294 e. The van der Waals surface area contributed by atoms with Crippen LogP contribution in [0.3, 0.4) is 0 Å². The van der Waals surface area contributed by atoms with Crippen molar-refractivity contribution in [3.05, 3.63) is 33.3 Å². The number of hydrogen-bond acceptors (Lipinski definition) is 8. The van der Waals surface area contributed by atoms with Crippen molar-refractivity contribution < 1.29 is 9.72 Å². The van der Waals surface area contributed by atoms with E-state index in [-0.39, 0.29) is 28.1 Å². The summed E-state index contributed by atoms with van der Waals surface area (Å²) in [7, 11) is 0. The van der Waals surface area contributed by atoms with E-state index in [1.165, 1.54) is 41.3 Å². The van der Waals surface area contributed by atoms with Crippen molar-refractivity contribution >= 4 is 63.7 Å². The summed E-state index contributed by atoms with van der Waals surface area (Å²) >= 11 is 10.1. The monoisotopic (exact) mass is 418 g/mol. The molecule has 0 aliphatic rings. The number of anilines is 1. The summed E-state index contributed by atoms with van der Waals surface area (Å²) in [6.07, 6.45) is 2.25. The van der Waals surface area contributed by atoms with E-state index >= 15 is 0 Å². The summed E-state index contributed by atoms with van der Waals surface area (Å²) in [6.45, 7) is 2.13. The lowest BCUT2D eigenvalue weighted by Crippen LogP contribution is -2.15. The summed E-state index contributed by atoms with van der Waals surface area (Å²) in [6, 6.07) is 4.10. The second-order valence-electron chi connectivity index (χ2n) is 4.79. The molecule has 1 heterocycles. The van der Waals surface area contributed by atoms with Crippen molar-refractivity contribution in [2.75, 3.05) is 16.8 Å². The molecule has 0 saturated carbocycles. The molecule has 2 aromatic rings. The van der Waals surface area contributed by atoms with Crippen LogP contribution in [-0.4, -0.2) is 32.5 Å². The Morgan fingerprint density at radius 3 is 2.76 bits per heavy atom. The maximum atomic E-state index is 12.0. The number of nitro groups is 1. The minimum absolute atomic E-state index is 0.0913. The molecule has 1 aromatic heterocycles.